The second-order valence-corrected chi connectivity index (χ2v) is 5.80. The van der Waals surface area contributed by atoms with Gasteiger partial charge in [0, 0.05) is 12.6 Å². The highest BCUT2D eigenvalue weighted by atomic mass is 16.6. The highest BCUT2D eigenvalue weighted by Crippen LogP contribution is 2.26. The van der Waals surface area contributed by atoms with Gasteiger partial charge in [-0.15, -0.1) is 0 Å². The van der Waals surface area contributed by atoms with Crippen molar-refractivity contribution in [2.45, 2.75) is 57.7 Å². The topological polar surface area (TPSA) is 93.2 Å². The lowest BCUT2D eigenvalue weighted by Crippen LogP contribution is -2.42. The number of nitrogens with one attached hydrogen (secondary N) is 1. The lowest BCUT2D eigenvalue weighted by atomic mass is 9.83. The Labute approximate surface area is 124 Å². The lowest BCUT2D eigenvalue weighted by molar-refractivity contribution is -0.385. The van der Waals surface area contributed by atoms with Gasteiger partial charge in [0.05, 0.1) is 17.6 Å². The first-order valence-corrected chi connectivity index (χ1v) is 7.68. The maximum Gasteiger partial charge on any atom is 0.306 e. The molecule has 2 N–H and O–H groups in total. The molecule has 1 aliphatic carbocycles. The molecule has 3 atom stereocenters. The van der Waals surface area contributed by atoms with Crippen molar-refractivity contribution in [2.24, 2.45) is 5.92 Å². The molecule has 0 saturated heterocycles. The molecule has 7 nitrogen and oxygen atoms in total. The summed E-state index contributed by atoms with van der Waals surface area (Å²) < 4.78 is 1.42. The van der Waals surface area contributed by atoms with E-state index in [4.69, 9.17) is 0 Å². The summed E-state index contributed by atoms with van der Waals surface area (Å²) in [5.74, 6) is 0.691. The molecule has 1 fully saturated rings. The molecule has 0 aromatic carbocycles. The third-order valence-corrected chi connectivity index (χ3v) is 4.28. The predicted octanol–water partition coefficient (Wildman–Crippen LogP) is 1.71. The molecule has 0 aliphatic heterocycles. The van der Waals surface area contributed by atoms with Gasteiger partial charge < -0.3 is 10.4 Å². The summed E-state index contributed by atoms with van der Waals surface area (Å²) in [6.07, 6.45) is 8.09. The van der Waals surface area contributed by atoms with Crippen LogP contribution in [0.5, 0.6) is 0 Å². The summed E-state index contributed by atoms with van der Waals surface area (Å²) in [5, 5.41) is 28.0. The van der Waals surface area contributed by atoms with Gasteiger partial charge in [-0.3, -0.25) is 14.8 Å². The van der Waals surface area contributed by atoms with E-state index in [0.717, 1.165) is 0 Å². The van der Waals surface area contributed by atoms with Gasteiger partial charge in [0.15, 0.2) is 0 Å². The van der Waals surface area contributed by atoms with Crippen LogP contribution in [0.1, 0.15) is 39.0 Å². The highest BCUT2D eigenvalue weighted by molar-refractivity contribution is 5.20. The average molecular weight is 296 g/mol. The third-order valence-electron chi connectivity index (χ3n) is 4.28. The smallest absolute Gasteiger partial charge is 0.306 e. The summed E-state index contributed by atoms with van der Waals surface area (Å²) in [4.78, 5) is 10.1. The molecular formula is C14H24N4O3. The van der Waals surface area contributed by atoms with Gasteiger partial charge in [-0.05, 0) is 18.8 Å². The Hall–Kier alpha value is -1.47. The Balaban J connectivity index is 1.78. The van der Waals surface area contributed by atoms with Crippen LogP contribution < -0.4 is 5.32 Å². The molecule has 21 heavy (non-hydrogen) atoms. The summed E-state index contributed by atoms with van der Waals surface area (Å²) in [5.41, 5.74) is -0.0477. The largest absolute Gasteiger partial charge is 0.390 e. The summed E-state index contributed by atoms with van der Waals surface area (Å²) >= 11 is 0. The third kappa shape index (κ3) is 4.50. The minimum absolute atomic E-state index is 0.0477. The number of hydrogen-bond acceptors (Lipinski definition) is 5. The summed E-state index contributed by atoms with van der Waals surface area (Å²) in [6.45, 7) is 2.98. The average Bonchev–Trinajstić information content (AvgIpc) is 2.94. The summed E-state index contributed by atoms with van der Waals surface area (Å²) in [6, 6.07) is 0.477. The van der Waals surface area contributed by atoms with Crippen molar-refractivity contribution >= 4 is 5.69 Å². The second kappa shape index (κ2) is 7.51. The molecule has 0 spiro atoms. The van der Waals surface area contributed by atoms with E-state index in [9.17, 15) is 15.2 Å². The zero-order valence-electron chi connectivity index (χ0n) is 12.4. The number of aliphatic hydroxyl groups is 1. The first-order chi connectivity index (χ1) is 10.1. The van der Waals surface area contributed by atoms with E-state index in [2.05, 4.69) is 17.3 Å². The SMILES string of the molecule is CCC1CCCCC1NCC(O)Cn1cc([N+](=O)[O-])cn1. The number of aromatic nitrogens is 2. The maximum atomic E-state index is 10.6. The van der Waals surface area contributed by atoms with E-state index < -0.39 is 11.0 Å². The molecule has 118 valence electrons. The van der Waals surface area contributed by atoms with Gasteiger partial charge >= 0.3 is 5.69 Å². The predicted molar refractivity (Wildman–Crippen MR) is 78.9 cm³/mol. The van der Waals surface area contributed by atoms with Crippen LogP contribution in [0, 0.1) is 16.0 Å². The molecule has 2 rings (SSSR count). The summed E-state index contributed by atoms with van der Waals surface area (Å²) in [7, 11) is 0. The minimum Gasteiger partial charge on any atom is -0.390 e. The molecule has 1 aromatic rings. The van der Waals surface area contributed by atoms with Crippen molar-refractivity contribution in [3.63, 3.8) is 0 Å². The van der Waals surface area contributed by atoms with Crippen LogP contribution in [0.2, 0.25) is 0 Å². The van der Waals surface area contributed by atoms with E-state index in [1.54, 1.807) is 0 Å². The zero-order chi connectivity index (χ0) is 15.2. The first kappa shape index (κ1) is 15.9. The van der Waals surface area contributed by atoms with Crippen LogP contribution in [0.15, 0.2) is 12.4 Å². The fourth-order valence-corrected chi connectivity index (χ4v) is 3.08. The van der Waals surface area contributed by atoms with Crippen molar-refractivity contribution in [3.8, 4) is 0 Å². The van der Waals surface area contributed by atoms with Crippen molar-refractivity contribution < 1.29 is 10.0 Å². The van der Waals surface area contributed by atoms with Crippen molar-refractivity contribution in [1.82, 2.24) is 15.1 Å². The molecule has 1 heterocycles. The molecule has 0 amide bonds. The van der Waals surface area contributed by atoms with E-state index >= 15 is 0 Å². The molecule has 1 aliphatic rings. The van der Waals surface area contributed by atoms with E-state index in [0.29, 0.717) is 18.5 Å². The Bertz CT molecular complexity index is 463. The van der Waals surface area contributed by atoms with Crippen LogP contribution in [0.4, 0.5) is 5.69 Å². The van der Waals surface area contributed by atoms with E-state index in [-0.39, 0.29) is 12.2 Å². The molecule has 7 heteroatoms. The van der Waals surface area contributed by atoms with Crippen LogP contribution >= 0.6 is 0 Å². The fourth-order valence-electron chi connectivity index (χ4n) is 3.08. The van der Waals surface area contributed by atoms with Crippen molar-refractivity contribution in [1.29, 1.82) is 0 Å². The van der Waals surface area contributed by atoms with Crippen LogP contribution in [0.3, 0.4) is 0 Å². The number of nitro groups is 1. The monoisotopic (exact) mass is 296 g/mol. The van der Waals surface area contributed by atoms with E-state index in [1.165, 1.54) is 49.2 Å². The van der Waals surface area contributed by atoms with Crippen molar-refractivity contribution in [2.75, 3.05) is 6.54 Å². The minimum atomic E-state index is -0.594. The van der Waals surface area contributed by atoms with Gasteiger partial charge in [0.25, 0.3) is 0 Å². The lowest BCUT2D eigenvalue weighted by Gasteiger charge is -2.32. The van der Waals surface area contributed by atoms with Gasteiger partial charge in [-0.25, -0.2) is 0 Å². The molecular weight excluding hydrogens is 272 g/mol. The second-order valence-electron chi connectivity index (χ2n) is 5.80. The van der Waals surface area contributed by atoms with Crippen LogP contribution in [-0.2, 0) is 6.54 Å². The first-order valence-electron chi connectivity index (χ1n) is 7.68. The Kier molecular flexibility index (Phi) is 5.69. The van der Waals surface area contributed by atoms with Gasteiger partial charge in [-0.1, -0.05) is 26.2 Å². The van der Waals surface area contributed by atoms with Gasteiger partial charge in [0.1, 0.15) is 12.4 Å². The molecule has 0 radical (unpaired) electrons. The molecule has 1 aromatic heterocycles. The highest BCUT2D eigenvalue weighted by Gasteiger charge is 2.23. The zero-order valence-corrected chi connectivity index (χ0v) is 12.4. The van der Waals surface area contributed by atoms with Crippen LogP contribution in [-0.4, -0.2) is 38.5 Å². The number of nitrogens with zero attached hydrogens (tertiary/aromatic N) is 3. The standard InChI is InChI=1S/C14H24N4O3/c1-2-11-5-3-4-6-14(11)15-8-13(19)10-17-9-12(7-16-17)18(20)21/h7,9,11,13-15,19H,2-6,8,10H2,1H3. The quantitative estimate of drug-likeness (QED) is 0.590. The Morgan fingerprint density at radius 3 is 3.00 bits per heavy atom. The van der Waals surface area contributed by atoms with E-state index in [1.807, 2.05) is 0 Å². The maximum absolute atomic E-state index is 10.6. The molecule has 0 bridgehead atoms. The molecule has 1 saturated carbocycles. The Morgan fingerprint density at radius 2 is 2.33 bits per heavy atom. The van der Waals surface area contributed by atoms with Gasteiger partial charge in [-0.2, -0.15) is 5.10 Å². The normalized spacial score (nSPS) is 23.9. The van der Waals surface area contributed by atoms with Crippen molar-refractivity contribution in [3.05, 3.63) is 22.5 Å². The fraction of sp³-hybridized carbons (Fsp3) is 0.786. The number of hydrogen-bond donors (Lipinski definition) is 2. The molecule has 3 unspecified atom stereocenters. The Morgan fingerprint density at radius 1 is 1.57 bits per heavy atom. The van der Waals surface area contributed by atoms with Crippen LogP contribution in [0.25, 0.3) is 0 Å². The number of aliphatic hydroxyl groups excluding tert-OH is 1. The van der Waals surface area contributed by atoms with Gasteiger partial charge in [0.2, 0.25) is 0 Å². The number of rotatable bonds is 7.